The average molecular weight is 400 g/mol. The fourth-order valence-corrected chi connectivity index (χ4v) is 5.08. The first kappa shape index (κ1) is 18.8. The molecule has 0 bridgehead atoms. The molecular weight excluding hydrogens is 379 g/mol. The molecule has 0 aliphatic heterocycles. The van der Waals surface area contributed by atoms with E-state index in [4.69, 9.17) is 0 Å². The van der Waals surface area contributed by atoms with Crippen molar-refractivity contribution < 1.29 is 12.8 Å². The quantitative estimate of drug-likeness (QED) is 0.711. The lowest BCUT2D eigenvalue weighted by molar-refractivity contribution is 0.305. The highest BCUT2D eigenvalue weighted by Crippen LogP contribution is 2.30. The summed E-state index contributed by atoms with van der Waals surface area (Å²) < 4.78 is 44.7. The van der Waals surface area contributed by atoms with Crippen LogP contribution in [-0.4, -0.2) is 29.2 Å². The van der Waals surface area contributed by atoms with E-state index in [-0.39, 0.29) is 17.0 Å². The number of aromatic nitrogens is 3. The fourth-order valence-electron chi connectivity index (χ4n) is 3.74. The van der Waals surface area contributed by atoms with Crippen molar-refractivity contribution in [2.75, 3.05) is 0 Å². The second-order valence-electron chi connectivity index (χ2n) is 7.09. The molecule has 0 radical (unpaired) electrons. The molecule has 0 amide bonds. The van der Waals surface area contributed by atoms with E-state index < -0.39 is 15.8 Å². The highest BCUT2D eigenvalue weighted by molar-refractivity contribution is 7.89. The van der Waals surface area contributed by atoms with E-state index in [1.165, 1.54) is 12.1 Å². The first-order valence-electron chi connectivity index (χ1n) is 9.24. The highest BCUT2D eigenvalue weighted by Gasteiger charge is 2.28. The standard InChI is InChI=1S/C20H21FN4O2S/c21-17-9-16(15-5-2-1-3-6-15)10-20(11-17)28(26,27)24-18-7-4-8-19(12-18)25-13-22-23-14-25/h1-3,5-6,9-11,13-14,18-19,24H,4,7-8,12H2/t18-,19+/m0/s1. The molecule has 3 aromatic rings. The molecule has 1 aliphatic rings. The Labute approximate surface area is 163 Å². The van der Waals surface area contributed by atoms with E-state index in [1.54, 1.807) is 12.7 Å². The van der Waals surface area contributed by atoms with Gasteiger partial charge in [0.25, 0.3) is 0 Å². The van der Waals surface area contributed by atoms with Crippen LogP contribution in [0.3, 0.4) is 0 Å². The zero-order valence-corrected chi connectivity index (χ0v) is 16.0. The van der Waals surface area contributed by atoms with Gasteiger partial charge in [0.2, 0.25) is 10.0 Å². The molecule has 2 aromatic carbocycles. The van der Waals surface area contributed by atoms with Crippen molar-refractivity contribution in [2.24, 2.45) is 0 Å². The number of nitrogens with zero attached hydrogens (tertiary/aromatic N) is 3. The molecule has 0 saturated heterocycles. The van der Waals surface area contributed by atoms with Crippen molar-refractivity contribution in [1.82, 2.24) is 19.5 Å². The Morgan fingerprint density at radius 1 is 1.00 bits per heavy atom. The van der Waals surface area contributed by atoms with E-state index in [9.17, 15) is 12.8 Å². The van der Waals surface area contributed by atoms with E-state index in [1.807, 2.05) is 34.9 Å². The van der Waals surface area contributed by atoms with Crippen LogP contribution in [0.15, 0.2) is 66.1 Å². The van der Waals surface area contributed by atoms with Crippen LogP contribution < -0.4 is 4.72 Å². The molecule has 1 saturated carbocycles. The van der Waals surface area contributed by atoms with Gasteiger partial charge in [-0.3, -0.25) is 0 Å². The maximum atomic E-state index is 14.2. The molecule has 4 rings (SSSR count). The van der Waals surface area contributed by atoms with E-state index in [0.717, 1.165) is 30.9 Å². The third-order valence-corrected chi connectivity index (χ3v) is 6.62. The molecule has 1 fully saturated rings. The Morgan fingerprint density at radius 2 is 1.75 bits per heavy atom. The lowest BCUT2D eigenvalue weighted by atomic mass is 9.91. The number of hydrogen-bond donors (Lipinski definition) is 1. The minimum atomic E-state index is -3.84. The van der Waals surface area contributed by atoms with Gasteiger partial charge in [-0.2, -0.15) is 0 Å². The number of sulfonamides is 1. The third kappa shape index (κ3) is 4.13. The smallest absolute Gasteiger partial charge is 0.240 e. The van der Waals surface area contributed by atoms with Crippen LogP contribution in [0.4, 0.5) is 4.39 Å². The van der Waals surface area contributed by atoms with Gasteiger partial charge in [-0.25, -0.2) is 17.5 Å². The van der Waals surface area contributed by atoms with E-state index in [0.29, 0.717) is 12.0 Å². The molecule has 0 unspecified atom stereocenters. The summed E-state index contributed by atoms with van der Waals surface area (Å²) in [6, 6.07) is 13.0. The molecule has 6 nitrogen and oxygen atoms in total. The van der Waals surface area contributed by atoms with Crippen LogP contribution in [0.2, 0.25) is 0 Å². The number of benzene rings is 2. The summed E-state index contributed by atoms with van der Waals surface area (Å²) in [5.74, 6) is -0.576. The minimum absolute atomic E-state index is 0.0576. The normalized spacial score (nSPS) is 20.2. The highest BCUT2D eigenvalue weighted by atomic mass is 32.2. The van der Waals surface area contributed by atoms with Crippen molar-refractivity contribution in [3.63, 3.8) is 0 Å². The largest absolute Gasteiger partial charge is 0.317 e. The van der Waals surface area contributed by atoms with Gasteiger partial charge in [-0.1, -0.05) is 30.3 Å². The monoisotopic (exact) mass is 400 g/mol. The van der Waals surface area contributed by atoms with Gasteiger partial charge in [-0.15, -0.1) is 10.2 Å². The molecule has 2 atom stereocenters. The van der Waals surface area contributed by atoms with Gasteiger partial charge in [0.1, 0.15) is 18.5 Å². The Kier molecular flexibility index (Phi) is 5.23. The summed E-state index contributed by atoms with van der Waals surface area (Å²) in [7, 11) is -3.84. The molecule has 1 N–H and O–H groups in total. The van der Waals surface area contributed by atoms with Crippen LogP contribution in [0.25, 0.3) is 11.1 Å². The van der Waals surface area contributed by atoms with E-state index >= 15 is 0 Å². The first-order chi connectivity index (χ1) is 13.5. The summed E-state index contributed by atoms with van der Waals surface area (Å²) >= 11 is 0. The van der Waals surface area contributed by atoms with Gasteiger partial charge in [0.15, 0.2) is 0 Å². The molecule has 1 heterocycles. The summed E-state index contributed by atoms with van der Waals surface area (Å²) in [5.41, 5.74) is 1.30. The second-order valence-corrected chi connectivity index (χ2v) is 8.80. The summed E-state index contributed by atoms with van der Waals surface area (Å²) in [6.07, 6.45) is 6.56. The minimum Gasteiger partial charge on any atom is -0.317 e. The molecular formula is C20H21FN4O2S. The van der Waals surface area contributed by atoms with Crippen LogP contribution in [0, 0.1) is 5.82 Å². The lowest BCUT2D eigenvalue weighted by Crippen LogP contribution is -2.38. The molecule has 146 valence electrons. The number of halogens is 1. The van der Waals surface area contributed by atoms with Crippen molar-refractivity contribution in [3.8, 4) is 11.1 Å². The molecule has 1 aromatic heterocycles. The van der Waals surface area contributed by atoms with Gasteiger partial charge >= 0.3 is 0 Å². The number of hydrogen-bond acceptors (Lipinski definition) is 4. The predicted molar refractivity (Wildman–Crippen MR) is 103 cm³/mol. The van der Waals surface area contributed by atoms with Gasteiger partial charge < -0.3 is 4.57 Å². The molecule has 0 spiro atoms. The third-order valence-electron chi connectivity index (χ3n) is 5.12. The lowest BCUT2D eigenvalue weighted by Gasteiger charge is -2.30. The van der Waals surface area contributed by atoms with Gasteiger partial charge in [-0.05, 0) is 55.0 Å². The first-order valence-corrected chi connectivity index (χ1v) is 10.7. The number of nitrogens with one attached hydrogen (secondary N) is 1. The maximum absolute atomic E-state index is 14.2. The van der Waals surface area contributed by atoms with E-state index in [2.05, 4.69) is 14.9 Å². The Balaban J connectivity index is 1.56. The number of rotatable bonds is 5. The van der Waals surface area contributed by atoms with Gasteiger partial charge in [0, 0.05) is 12.1 Å². The summed E-state index contributed by atoms with van der Waals surface area (Å²) in [6.45, 7) is 0. The SMILES string of the molecule is O=S(=O)(N[C@H]1CCC[C@@H](n2cnnc2)C1)c1cc(F)cc(-c2ccccc2)c1. The van der Waals surface area contributed by atoms with Crippen LogP contribution in [-0.2, 0) is 10.0 Å². The zero-order chi connectivity index (χ0) is 19.6. The van der Waals surface area contributed by atoms with Crippen molar-refractivity contribution in [2.45, 2.75) is 42.7 Å². The molecule has 1 aliphatic carbocycles. The van der Waals surface area contributed by atoms with Crippen LogP contribution >= 0.6 is 0 Å². The van der Waals surface area contributed by atoms with Gasteiger partial charge in [0.05, 0.1) is 4.90 Å². The van der Waals surface area contributed by atoms with Crippen molar-refractivity contribution in [3.05, 3.63) is 67.0 Å². The van der Waals surface area contributed by atoms with Crippen LogP contribution in [0.5, 0.6) is 0 Å². The fraction of sp³-hybridized carbons (Fsp3) is 0.300. The van der Waals surface area contributed by atoms with Crippen molar-refractivity contribution in [1.29, 1.82) is 0 Å². The molecule has 8 heteroatoms. The Bertz CT molecular complexity index is 1040. The maximum Gasteiger partial charge on any atom is 0.240 e. The van der Waals surface area contributed by atoms with Crippen molar-refractivity contribution >= 4 is 10.0 Å². The zero-order valence-electron chi connectivity index (χ0n) is 15.2. The predicted octanol–water partition coefficient (Wildman–Crippen LogP) is 3.55. The molecule has 28 heavy (non-hydrogen) atoms. The topological polar surface area (TPSA) is 76.9 Å². The summed E-state index contributed by atoms with van der Waals surface area (Å²) in [5, 5.41) is 7.65. The average Bonchev–Trinajstić information content (AvgIpc) is 3.23. The van der Waals surface area contributed by atoms with Crippen LogP contribution in [0.1, 0.15) is 31.7 Å². The summed E-state index contributed by atoms with van der Waals surface area (Å²) in [4.78, 5) is -0.0576. The Morgan fingerprint density at radius 3 is 2.50 bits per heavy atom. The Hall–Kier alpha value is -2.58. The second kappa shape index (κ2) is 7.81.